The molecule has 8 heteroatoms. The largest absolute Gasteiger partial charge is 0.349 e. The molecule has 0 bridgehead atoms. The first-order chi connectivity index (χ1) is 11.4. The van der Waals surface area contributed by atoms with Gasteiger partial charge >= 0.3 is 0 Å². The van der Waals surface area contributed by atoms with Gasteiger partial charge in [0.1, 0.15) is 4.90 Å². The van der Waals surface area contributed by atoms with E-state index >= 15 is 0 Å². The quantitative estimate of drug-likeness (QED) is 0.847. The summed E-state index contributed by atoms with van der Waals surface area (Å²) in [5, 5.41) is 2.76. The number of sulfonamides is 1. The van der Waals surface area contributed by atoms with E-state index in [1.807, 2.05) is 12.1 Å². The summed E-state index contributed by atoms with van der Waals surface area (Å²) in [6.45, 7) is -0.0151. The molecular formula is C16H14BrN3O3S. The van der Waals surface area contributed by atoms with Crippen molar-refractivity contribution in [3.63, 3.8) is 0 Å². The molecule has 0 unspecified atom stereocenters. The minimum absolute atomic E-state index is 0.0151. The number of carbonyl (C=O) groups excluding carboxylic acids is 1. The number of hydrogen-bond acceptors (Lipinski definition) is 4. The Bertz CT molecular complexity index is 924. The minimum Gasteiger partial charge on any atom is -0.349 e. The topological polar surface area (TPSA) is 78.8 Å². The van der Waals surface area contributed by atoms with Gasteiger partial charge in [-0.1, -0.05) is 28.1 Å². The molecule has 0 aliphatic carbocycles. The summed E-state index contributed by atoms with van der Waals surface area (Å²) in [6.07, 6.45) is 0. The Morgan fingerprint density at radius 3 is 2.54 bits per heavy atom. The number of amidine groups is 1. The predicted octanol–water partition coefficient (Wildman–Crippen LogP) is 2.47. The average Bonchev–Trinajstić information content (AvgIpc) is 2.82. The zero-order chi connectivity index (χ0) is 17.3. The van der Waals surface area contributed by atoms with Crippen molar-refractivity contribution >= 4 is 43.4 Å². The highest BCUT2D eigenvalue weighted by Gasteiger charge is 2.30. The standard InChI is InChI=1S/C16H14BrN3O3S/c1-20(10-15(21)18-12-8-6-11(17)7-9-12)16-13-4-2-3-5-14(13)24(22,23)19-16/h2-9H,10H2,1H3,(H,18,21). The van der Waals surface area contributed by atoms with Crippen LogP contribution in [0.1, 0.15) is 5.56 Å². The molecule has 0 atom stereocenters. The van der Waals surface area contributed by atoms with E-state index in [0.29, 0.717) is 11.3 Å². The van der Waals surface area contributed by atoms with Gasteiger partial charge in [0.05, 0.1) is 6.54 Å². The lowest BCUT2D eigenvalue weighted by atomic mass is 10.2. The maximum atomic E-state index is 12.2. The van der Waals surface area contributed by atoms with Crippen LogP contribution in [0.25, 0.3) is 0 Å². The fourth-order valence-electron chi connectivity index (χ4n) is 2.39. The van der Waals surface area contributed by atoms with E-state index < -0.39 is 10.0 Å². The Morgan fingerprint density at radius 2 is 1.83 bits per heavy atom. The Labute approximate surface area is 148 Å². The number of hydrogen-bond donors (Lipinski definition) is 1. The maximum absolute atomic E-state index is 12.2. The van der Waals surface area contributed by atoms with Crippen molar-refractivity contribution in [1.29, 1.82) is 0 Å². The van der Waals surface area contributed by atoms with Crippen molar-refractivity contribution in [3.05, 3.63) is 58.6 Å². The van der Waals surface area contributed by atoms with Gasteiger partial charge in [0, 0.05) is 22.8 Å². The number of anilines is 1. The first-order valence-corrected chi connectivity index (χ1v) is 9.31. The van der Waals surface area contributed by atoms with Crippen LogP contribution in [0.4, 0.5) is 5.69 Å². The van der Waals surface area contributed by atoms with Crippen molar-refractivity contribution in [3.8, 4) is 0 Å². The molecule has 0 aromatic heterocycles. The number of nitrogens with zero attached hydrogens (tertiary/aromatic N) is 2. The normalized spacial score (nSPS) is 14.7. The van der Waals surface area contributed by atoms with Gasteiger partial charge in [-0.05, 0) is 36.4 Å². The van der Waals surface area contributed by atoms with E-state index in [2.05, 4.69) is 25.6 Å². The highest BCUT2D eigenvalue weighted by molar-refractivity contribution is 9.10. The Balaban J connectivity index is 1.75. The van der Waals surface area contributed by atoms with Gasteiger partial charge in [-0.3, -0.25) is 4.79 Å². The van der Waals surface area contributed by atoms with E-state index in [0.717, 1.165) is 4.47 Å². The van der Waals surface area contributed by atoms with Crippen molar-refractivity contribution < 1.29 is 13.2 Å². The molecule has 2 aromatic rings. The molecule has 1 heterocycles. The van der Waals surface area contributed by atoms with Gasteiger partial charge in [-0.25, -0.2) is 0 Å². The third kappa shape index (κ3) is 3.34. The van der Waals surface area contributed by atoms with Gasteiger partial charge in [-0.2, -0.15) is 8.42 Å². The van der Waals surface area contributed by atoms with Crippen LogP contribution in [-0.2, 0) is 14.8 Å². The number of amides is 1. The second-order valence-corrected chi connectivity index (χ2v) is 7.79. The molecule has 1 aliphatic heterocycles. The molecule has 0 fully saturated rings. The lowest BCUT2D eigenvalue weighted by Gasteiger charge is -2.18. The summed E-state index contributed by atoms with van der Waals surface area (Å²) in [6, 6.07) is 13.8. The molecule has 3 rings (SSSR count). The number of halogens is 1. The van der Waals surface area contributed by atoms with E-state index in [1.54, 1.807) is 37.4 Å². The molecular weight excluding hydrogens is 394 g/mol. The SMILES string of the molecule is CN(CC(=O)Nc1ccc(Br)cc1)C1=NS(=O)(=O)c2ccccc21. The maximum Gasteiger partial charge on any atom is 0.285 e. The van der Waals surface area contributed by atoms with Crippen LogP contribution < -0.4 is 5.32 Å². The van der Waals surface area contributed by atoms with Gasteiger partial charge in [0.2, 0.25) is 5.91 Å². The monoisotopic (exact) mass is 407 g/mol. The summed E-state index contributed by atoms with van der Waals surface area (Å²) in [4.78, 5) is 13.9. The predicted molar refractivity (Wildman–Crippen MR) is 95.6 cm³/mol. The smallest absolute Gasteiger partial charge is 0.285 e. The summed E-state index contributed by atoms with van der Waals surface area (Å²) in [7, 11) is -2.05. The van der Waals surface area contributed by atoms with Crippen LogP contribution in [-0.4, -0.2) is 38.7 Å². The third-order valence-electron chi connectivity index (χ3n) is 3.48. The summed E-state index contributed by atoms with van der Waals surface area (Å²) < 4.78 is 28.8. The molecule has 1 amide bonds. The zero-order valence-corrected chi connectivity index (χ0v) is 15.1. The van der Waals surface area contributed by atoms with Crippen molar-refractivity contribution in [2.24, 2.45) is 4.40 Å². The highest BCUT2D eigenvalue weighted by atomic mass is 79.9. The fraction of sp³-hybridized carbons (Fsp3) is 0.125. The zero-order valence-electron chi connectivity index (χ0n) is 12.7. The Kier molecular flexibility index (Phi) is 4.42. The molecule has 0 saturated carbocycles. The number of likely N-dealkylation sites (N-methyl/N-ethyl adjacent to an activating group) is 1. The fourth-order valence-corrected chi connectivity index (χ4v) is 3.90. The van der Waals surface area contributed by atoms with E-state index in [4.69, 9.17) is 0 Å². The number of carbonyl (C=O) groups is 1. The van der Waals surface area contributed by atoms with Crippen LogP contribution in [0.15, 0.2) is 62.3 Å². The van der Waals surface area contributed by atoms with Crippen LogP contribution in [0, 0.1) is 0 Å². The molecule has 0 saturated heterocycles. The van der Waals surface area contributed by atoms with Crippen LogP contribution >= 0.6 is 15.9 Å². The molecule has 1 N–H and O–H groups in total. The number of fused-ring (bicyclic) bond motifs is 1. The van der Waals surface area contributed by atoms with Crippen molar-refractivity contribution in [2.45, 2.75) is 4.90 Å². The number of nitrogens with one attached hydrogen (secondary N) is 1. The van der Waals surface area contributed by atoms with E-state index in [1.165, 1.54) is 11.0 Å². The first kappa shape index (κ1) is 16.7. The highest BCUT2D eigenvalue weighted by Crippen LogP contribution is 2.26. The van der Waals surface area contributed by atoms with E-state index in [9.17, 15) is 13.2 Å². The van der Waals surface area contributed by atoms with E-state index in [-0.39, 0.29) is 23.2 Å². The molecule has 124 valence electrons. The summed E-state index contributed by atoms with van der Waals surface area (Å²) in [5.74, 6) is 0.0147. The van der Waals surface area contributed by atoms with Crippen LogP contribution in [0.5, 0.6) is 0 Å². The molecule has 0 spiro atoms. The van der Waals surface area contributed by atoms with Gasteiger partial charge in [0.15, 0.2) is 5.84 Å². The number of rotatable bonds is 3. The Hall–Kier alpha value is -2.19. The molecule has 24 heavy (non-hydrogen) atoms. The molecule has 1 aliphatic rings. The Morgan fingerprint density at radius 1 is 1.17 bits per heavy atom. The molecule has 2 aromatic carbocycles. The average molecular weight is 408 g/mol. The lowest BCUT2D eigenvalue weighted by molar-refractivity contribution is -0.116. The lowest BCUT2D eigenvalue weighted by Crippen LogP contribution is -2.34. The van der Waals surface area contributed by atoms with Gasteiger partial charge in [-0.15, -0.1) is 4.40 Å². The third-order valence-corrected chi connectivity index (χ3v) is 5.34. The number of benzene rings is 2. The minimum atomic E-state index is -3.69. The first-order valence-electron chi connectivity index (χ1n) is 7.08. The van der Waals surface area contributed by atoms with Crippen LogP contribution in [0.2, 0.25) is 0 Å². The van der Waals surface area contributed by atoms with Crippen molar-refractivity contribution in [1.82, 2.24) is 4.90 Å². The second kappa shape index (κ2) is 6.37. The van der Waals surface area contributed by atoms with Crippen LogP contribution in [0.3, 0.4) is 0 Å². The summed E-state index contributed by atoms with van der Waals surface area (Å²) in [5.41, 5.74) is 1.18. The van der Waals surface area contributed by atoms with Gasteiger partial charge < -0.3 is 10.2 Å². The van der Waals surface area contributed by atoms with Crippen molar-refractivity contribution in [2.75, 3.05) is 18.9 Å². The molecule has 6 nitrogen and oxygen atoms in total. The molecule has 0 radical (unpaired) electrons. The second-order valence-electron chi connectivity index (χ2n) is 5.30. The van der Waals surface area contributed by atoms with Gasteiger partial charge in [0.25, 0.3) is 10.0 Å². The summed E-state index contributed by atoms with van der Waals surface area (Å²) >= 11 is 3.33.